The van der Waals surface area contributed by atoms with E-state index in [1.165, 1.54) is 12.8 Å². The van der Waals surface area contributed by atoms with Crippen molar-refractivity contribution in [3.8, 4) is 0 Å². The predicted molar refractivity (Wildman–Crippen MR) is 79.6 cm³/mol. The maximum absolute atomic E-state index is 9.42. The fourth-order valence-corrected chi connectivity index (χ4v) is 2.68. The highest BCUT2D eigenvalue weighted by Crippen LogP contribution is 2.29. The lowest BCUT2D eigenvalue weighted by atomic mass is 9.80. The molecule has 1 aliphatic rings. The third-order valence-electron chi connectivity index (χ3n) is 3.86. The summed E-state index contributed by atoms with van der Waals surface area (Å²) >= 11 is 0. The van der Waals surface area contributed by atoms with E-state index in [0.29, 0.717) is 23.7 Å². The summed E-state index contributed by atoms with van der Waals surface area (Å²) in [5.74, 6) is 2.11. The maximum atomic E-state index is 9.42. The van der Waals surface area contributed by atoms with Gasteiger partial charge in [-0.3, -0.25) is 0 Å². The van der Waals surface area contributed by atoms with Gasteiger partial charge in [-0.2, -0.15) is 15.0 Å². The lowest BCUT2D eigenvalue weighted by molar-refractivity contribution is 0.141. The number of nitrogens with zero attached hydrogens (tertiary/aromatic N) is 4. The molecule has 1 aliphatic carbocycles. The van der Waals surface area contributed by atoms with E-state index in [4.69, 9.17) is 5.73 Å². The molecular formula is C13H24N6O. The number of aliphatic hydroxyl groups excluding tert-OH is 1. The van der Waals surface area contributed by atoms with Crippen molar-refractivity contribution in [2.24, 2.45) is 11.8 Å². The lowest BCUT2D eigenvalue weighted by Gasteiger charge is -2.30. The Morgan fingerprint density at radius 1 is 1.20 bits per heavy atom. The van der Waals surface area contributed by atoms with Crippen molar-refractivity contribution in [1.82, 2.24) is 15.0 Å². The third-order valence-corrected chi connectivity index (χ3v) is 3.86. The fourth-order valence-electron chi connectivity index (χ4n) is 2.68. The van der Waals surface area contributed by atoms with E-state index >= 15 is 0 Å². The van der Waals surface area contributed by atoms with Gasteiger partial charge in [-0.15, -0.1) is 0 Å². The summed E-state index contributed by atoms with van der Waals surface area (Å²) in [5, 5.41) is 12.7. The van der Waals surface area contributed by atoms with Gasteiger partial charge >= 0.3 is 0 Å². The Bertz CT molecular complexity index is 439. The van der Waals surface area contributed by atoms with E-state index in [0.717, 1.165) is 19.4 Å². The second kappa shape index (κ2) is 6.69. The van der Waals surface area contributed by atoms with Crippen molar-refractivity contribution in [1.29, 1.82) is 0 Å². The Morgan fingerprint density at radius 3 is 2.55 bits per heavy atom. The second-order valence-corrected chi connectivity index (χ2v) is 5.58. The summed E-state index contributed by atoms with van der Waals surface area (Å²) in [4.78, 5) is 14.3. The number of nitrogens with one attached hydrogen (secondary N) is 1. The molecule has 0 bridgehead atoms. The molecule has 7 heteroatoms. The zero-order chi connectivity index (χ0) is 14.5. The predicted octanol–water partition coefficient (Wildman–Crippen LogP) is 0.730. The number of aliphatic hydroxyl groups is 1. The molecule has 0 radical (unpaired) electrons. The normalized spacial score (nSPS) is 22.6. The minimum Gasteiger partial charge on any atom is -0.396 e. The number of rotatable bonds is 5. The number of aromatic nitrogens is 3. The molecule has 7 nitrogen and oxygen atoms in total. The Balaban J connectivity index is 1.99. The molecule has 20 heavy (non-hydrogen) atoms. The average Bonchev–Trinajstić information content (AvgIpc) is 2.44. The van der Waals surface area contributed by atoms with Crippen LogP contribution in [-0.4, -0.2) is 47.3 Å². The summed E-state index contributed by atoms with van der Waals surface area (Å²) in [7, 11) is 3.73. The molecule has 0 aromatic carbocycles. The smallest absolute Gasteiger partial charge is 0.231 e. The van der Waals surface area contributed by atoms with E-state index in [-0.39, 0.29) is 12.6 Å². The summed E-state index contributed by atoms with van der Waals surface area (Å²) in [6.45, 7) is 1.02. The first-order valence-corrected chi connectivity index (χ1v) is 7.13. The third kappa shape index (κ3) is 3.69. The summed E-state index contributed by atoms with van der Waals surface area (Å²) in [6, 6.07) is 0. The zero-order valence-corrected chi connectivity index (χ0v) is 12.2. The van der Waals surface area contributed by atoms with Crippen LogP contribution >= 0.6 is 0 Å². The number of nitrogen functional groups attached to an aromatic ring is 1. The molecule has 0 spiro atoms. The summed E-state index contributed by atoms with van der Waals surface area (Å²) in [5.41, 5.74) is 5.69. The highest BCUT2D eigenvalue weighted by atomic mass is 16.3. The summed E-state index contributed by atoms with van der Waals surface area (Å²) in [6.07, 6.45) is 4.68. The highest BCUT2D eigenvalue weighted by Gasteiger charge is 2.24. The molecule has 2 unspecified atom stereocenters. The van der Waals surface area contributed by atoms with Crippen molar-refractivity contribution >= 4 is 17.8 Å². The van der Waals surface area contributed by atoms with Gasteiger partial charge in [-0.25, -0.2) is 0 Å². The fraction of sp³-hybridized carbons (Fsp3) is 0.769. The molecule has 1 heterocycles. The van der Waals surface area contributed by atoms with Gasteiger partial charge in [0.15, 0.2) is 0 Å². The molecule has 4 N–H and O–H groups in total. The van der Waals surface area contributed by atoms with Gasteiger partial charge in [0.2, 0.25) is 17.8 Å². The topological polar surface area (TPSA) is 100 Å². The Labute approximate surface area is 119 Å². The van der Waals surface area contributed by atoms with Gasteiger partial charge in [0.05, 0.1) is 0 Å². The monoisotopic (exact) mass is 280 g/mol. The standard InChI is InChI=1S/C13H24N6O/c1-19(2)13-17-11(14)16-12(18-13)15-7-9-5-3-4-6-10(9)8-20/h9-10,20H,3-8H2,1-2H3,(H3,14,15,16,17,18). The summed E-state index contributed by atoms with van der Waals surface area (Å²) < 4.78 is 0. The van der Waals surface area contributed by atoms with Crippen LogP contribution in [-0.2, 0) is 0 Å². The first-order chi connectivity index (χ1) is 9.60. The van der Waals surface area contributed by atoms with E-state index in [9.17, 15) is 5.11 Å². The quantitative estimate of drug-likeness (QED) is 0.731. The van der Waals surface area contributed by atoms with E-state index in [1.54, 1.807) is 4.90 Å². The van der Waals surface area contributed by atoms with E-state index < -0.39 is 0 Å². The second-order valence-electron chi connectivity index (χ2n) is 5.58. The number of nitrogens with two attached hydrogens (primary N) is 1. The van der Waals surface area contributed by atoms with Crippen molar-refractivity contribution < 1.29 is 5.11 Å². The van der Waals surface area contributed by atoms with Gasteiger partial charge in [0.1, 0.15) is 0 Å². The van der Waals surface area contributed by atoms with Crippen LogP contribution < -0.4 is 16.0 Å². The first kappa shape index (κ1) is 14.8. The number of anilines is 3. The molecule has 1 saturated carbocycles. The molecule has 1 aromatic heterocycles. The van der Waals surface area contributed by atoms with Gasteiger partial charge in [-0.05, 0) is 24.7 Å². The van der Waals surface area contributed by atoms with Crippen LogP contribution in [0.2, 0.25) is 0 Å². The van der Waals surface area contributed by atoms with Crippen LogP contribution in [0.5, 0.6) is 0 Å². The lowest BCUT2D eigenvalue weighted by Crippen LogP contribution is -2.29. The maximum Gasteiger partial charge on any atom is 0.231 e. The van der Waals surface area contributed by atoms with Crippen LogP contribution in [0.4, 0.5) is 17.8 Å². The molecule has 2 rings (SSSR count). The molecule has 0 saturated heterocycles. The largest absolute Gasteiger partial charge is 0.396 e. The van der Waals surface area contributed by atoms with E-state index in [1.807, 2.05) is 14.1 Å². The number of hydrogen-bond acceptors (Lipinski definition) is 7. The molecule has 1 aromatic rings. The van der Waals surface area contributed by atoms with Crippen LogP contribution in [0.1, 0.15) is 25.7 Å². The van der Waals surface area contributed by atoms with Gasteiger partial charge in [0.25, 0.3) is 0 Å². The Kier molecular flexibility index (Phi) is 4.94. The SMILES string of the molecule is CN(C)c1nc(N)nc(NCC2CCCCC2CO)n1. The minimum absolute atomic E-state index is 0.216. The van der Waals surface area contributed by atoms with Crippen molar-refractivity contribution in [2.75, 3.05) is 43.2 Å². The van der Waals surface area contributed by atoms with Crippen molar-refractivity contribution in [2.45, 2.75) is 25.7 Å². The Morgan fingerprint density at radius 2 is 1.90 bits per heavy atom. The van der Waals surface area contributed by atoms with Gasteiger partial charge in [0, 0.05) is 27.2 Å². The van der Waals surface area contributed by atoms with Crippen LogP contribution in [0.25, 0.3) is 0 Å². The first-order valence-electron chi connectivity index (χ1n) is 7.13. The average molecular weight is 280 g/mol. The zero-order valence-electron chi connectivity index (χ0n) is 12.2. The molecule has 112 valence electrons. The molecule has 0 aliphatic heterocycles. The molecule has 2 atom stereocenters. The van der Waals surface area contributed by atoms with Crippen LogP contribution in [0, 0.1) is 11.8 Å². The van der Waals surface area contributed by atoms with Crippen LogP contribution in [0.15, 0.2) is 0 Å². The van der Waals surface area contributed by atoms with E-state index in [2.05, 4.69) is 20.3 Å². The van der Waals surface area contributed by atoms with Crippen molar-refractivity contribution in [3.63, 3.8) is 0 Å². The van der Waals surface area contributed by atoms with Gasteiger partial charge < -0.3 is 21.1 Å². The minimum atomic E-state index is 0.216. The van der Waals surface area contributed by atoms with Crippen LogP contribution in [0.3, 0.4) is 0 Å². The van der Waals surface area contributed by atoms with Gasteiger partial charge in [-0.1, -0.05) is 12.8 Å². The molecule has 1 fully saturated rings. The molecular weight excluding hydrogens is 256 g/mol. The number of hydrogen-bond donors (Lipinski definition) is 3. The molecule has 0 amide bonds. The van der Waals surface area contributed by atoms with Crippen molar-refractivity contribution in [3.05, 3.63) is 0 Å². The highest BCUT2D eigenvalue weighted by molar-refractivity contribution is 5.40. The Hall–Kier alpha value is -1.63.